The Morgan fingerprint density at radius 1 is 1.29 bits per heavy atom. The van der Waals surface area contributed by atoms with Crippen LogP contribution in [0.1, 0.15) is 53.5 Å². The maximum Gasteiger partial charge on any atom is 0.512 e. The van der Waals surface area contributed by atoms with Gasteiger partial charge < -0.3 is 15.2 Å². The predicted octanol–water partition coefficient (Wildman–Crippen LogP) is 4.62. The molecule has 1 aliphatic carbocycles. The molecule has 1 aliphatic rings. The maximum absolute atomic E-state index is 12.7. The molecule has 0 bridgehead atoms. The van der Waals surface area contributed by atoms with E-state index in [1.807, 2.05) is 13.0 Å². The summed E-state index contributed by atoms with van der Waals surface area (Å²) in [5, 5.41) is 17.1. The van der Waals surface area contributed by atoms with E-state index in [4.69, 9.17) is 10.2 Å². The van der Waals surface area contributed by atoms with Crippen LogP contribution in [0, 0.1) is 6.92 Å². The van der Waals surface area contributed by atoms with E-state index in [0.717, 1.165) is 28.8 Å². The van der Waals surface area contributed by atoms with Crippen LogP contribution in [0.2, 0.25) is 0 Å². The van der Waals surface area contributed by atoms with Crippen molar-refractivity contribution in [3.8, 4) is 5.88 Å². The fraction of sp³-hybridized carbons (Fsp3) is 0.368. The molecule has 3 heterocycles. The van der Waals surface area contributed by atoms with Gasteiger partial charge in [0, 0.05) is 11.5 Å². The molecule has 2 N–H and O–H groups in total. The van der Waals surface area contributed by atoms with Gasteiger partial charge in [-0.15, -0.1) is 11.3 Å². The van der Waals surface area contributed by atoms with Crippen molar-refractivity contribution in [3.63, 3.8) is 0 Å². The van der Waals surface area contributed by atoms with Gasteiger partial charge in [0.1, 0.15) is 4.83 Å². The highest BCUT2D eigenvalue weighted by Gasteiger charge is 2.22. The van der Waals surface area contributed by atoms with Gasteiger partial charge >= 0.3 is 6.16 Å². The summed E-state index contributed by atoms with van der Waals surface area (Å²) >= 11 is 1.44. The molecule has 9 heteroatoms. The quantitative estimate of drug-likeness (QED) is 0.619. The van der Waals surface area contributed by atoms with Crippen LogP contribution in [0.4, 0.5) is 10.5 Å². The topological polar surface area (TPSA) is 106 Å². The van der Waals surface area contributed by atoms with Crippen LogP contribution in [0.3, 0.4) is 0 Å². The van der Waals surface area contributed by atoms with E-state index in [2.05, 4.69) is 19.7 Å². The molecule has 1 amide bonds. The first-order valence-corrected chi connectivity index (χ1v) is 10.00. The summed E-state index contributed by atoms with van der Waals surface area (Å²) in [6.45, 7) is 1.97. The average molecular weight is 400 g/mol. The molecular weight excluding hydrogens is 380 g/mol. The highest BCUT2D eigenvalue weighted by molar-refractivity contribution is 7.20. The molecule has 0 atom stereocenters. The number of aryl methyl sites for hydroxylation is 1. The third-order valence-electron chi connectivity index (χ3n) is 4.90. The minimum absolute atomic E-state index is 0.0458. The van der Waals surface area contributed by atoms with Gasteiger partial charge in [0.15, 0.2) is 0 Å². The second-order valence-corrected chi connectivity index (χ2v) is 7.89. The van der Waals surface area contributed by atoms with E-state index in [9.17, 15) is 9.59 Å². The van der Waals surface area contributed by atoms with Crippen molar-refractivity contribution >= 4 is 39.3 Å². The van der Waals surface area contributed by atoms with Crippen molar-refractivity contribution in [2.75, 3.05) is 5.32 Å². The lowest BCUT2D eigenvalue weighted by atomic mass is 9.96. The number of carbonyl (C=O) groups excluding carboxylic acids is 1. The average Bonchev–Trinajstić information content (AvgIpc) is 3.24. The van der Waals surface area contributed by atoms with E-state index in [1.165, 1.54) is 42.9 Å². The Morgan fingerprint density at radius 2 is 2.07 bits per heavy atom. The standard InChI is InChI=1S/C19H20N4O4S/c1-11-14-9-15(28-18(14)23(22-11)13-5-3-2-4-6-13)17(24)21-12-7-8-16(20-10-12)27-19(25)26/h7-10,13H,2-6H2,1H3,(H,21,24)(H,25,26). The Hall–Kier alpha value is -2.94. The second-order valence-electron chi connectivity index (χ2n) is 6.86. The zero-order valence-electron chi connectivity index (χ0n) is 15.3. The van der Waals surface area contributed by atoms with E-state index in [1.54, 1.807) is 6.07 Å². The van der Waals surface area contributed by atoms with Crippen molar-refractivity contribution in [1.29, 1.82) is 0 Å². The minimum Gasteiger partial charge on any atom is -0.449 e. The van der Waals surface area contributed by atoms with Gasteiger partial charge in [0.2, 0.25) is 5.88 Å². The van der Waals surface area contributed by atoms with Gasteiger partial charge in [-0.25, -0.2) is 9.78 Å². The first-order valence-electron chi connectivity index (χ1n) is 9.18. The molecule has 0 saturated heterocycles. The number of hydrogen-bond donors (Lipinski definition) is 2. The summed E-state index contributed by atoms with van der Waals surface area (Å²) in [7, 11) is 0. The zero-order valence-corrected chi connectivity index (χ0v) is 16.2. The molecule has 146 valence electrons. The van der Waals surface area contributed by atoms with Crippen molar-refractivity contribution < 1.29 is 19.4 Å². The lowest BCUT2D eigenvalue weighted by Gasteiger charge is -2.22. The van der Waals surface area contributed by atoms with Gasteiger partial charge in [-0.3, -0.25) is 9.48 Å². The van der Waals surface area contributed by atoms with Gasteiger partial charge in [0.25, 0.3) is 5.91 Å². The first-order chi connectivity index (χ1) is 13.5. The van der Waals surface area contributed by atoms with Crippen LogP contribution < -0.4 is 10.1 Å². The van der Waals surface area contributed by atoms with Crippen molar-refractivity contribution in [2.24, 2.45) is 0 Å². The Kier molecular flexibility index (Phi) is 4.99. The summed E-state index contributed by atoms with van der Waals surface area (Å²) in [5.74, 6) is -0.278. The lowest BCUT2D eigenvalue weighted by Crippen LogP contribution is -2.14. The molecule has 3 aromatic heterocycles. The fourth-order valence-electron chi connectivity index (χ4n) is 3.55. The second kappa shape index (κ2) is 7.59. The predicted molar refractivity (Wildman–Crippen MR) is 105 cm³/mol. The monoisotopic (exact) mass is 400 g/mol. The number of nitrogens with one attached hydrogen (secondary N) is 1. The van der Waals surface area contributed by atoms with E-state index in [0.29, 0.717) is 16.6 Å². The van der Waals surface area contributed by atoms with Crippen LogP contribution in [0.15, 0.2) is 24.4 Å². The number of anilines is 1. The maximum atomic E-state index is 12.7. The van der Waals surface area contributed by atoms with Crippen LogP contribution in [-0.4, -0.2) is 31.9 Å². The Labute approximate surface area is 165 Å². The van der Waals surface area contributed by atoms with Crippen LogP contribution >= 0.6 is 11.3 Å². The molecule has 0 radical (unpaired) electrons. The number of aromatic nitrogens is 3. The molecule has 0 unspecified atom stereocenters. The summed E-state index contributed by atoms with van der Waals surface area (Å²) in [5.41, 5.74) is 1.40. The molecule has 3 aromatic rings. The van der Waals surface area contributed by atoms with Gasteiger partial charge in [-0.2, -0.15) is 5.10 Å². The normalized spacial score (nSPS) is 14.9. The first kappa shape index (κ1) is 18.4. The fourth-order valence-corrected chi connectivity index (χ4v) is 4.68. The third kappa shape index (κ3) is 3.70. The Bertz CT molecular complexity index is 1020. The van der Waals surface area contributed by atoms with E-state index in [-0.39, 0.29) is 11.8 Å². The molecule has 4 rings (SSSR count). The number of amides is 1. The lowest BCUT2D eigenvalue weighted by molar-refractivity contribution is 0.103. The van der Waals surface area contributed by atoms with Crippen LogP contribution in [-0.2, 0) is 0 Å². The number of thiophene rings is 1. The number of ether oxygens (including phenoxy) is 1. The van der Waals surface area contributed by atoms with Crippen LogP contribution in [0.25, 0.3) is 10.2 Å². The zero-order chi connectivity index (χ0) is 19.7. The molecule has 8 nitrogen and oxygen atoms in total. The smallest absolute Gasteiger partial charge is 0.449 e. The minimum atomic E-state index is -1.43. The number of hydrogen-bond acceptors (Lipinski definition) is 6. The molecule has 0 aliphatic heterocycles. The summed E-state index contributed by atoms with van der Waals surface area (Å²) in [4.78, 5) is 28.7. The number of fused-ring (bicyclic) bond motifs is 1. The van der Waals surface area contributed by atoms with Crippen LogP contribution in [0.5, 0.6) is 5.88 Å². The molecule has 0 spiro atoms. The number of carboxylic acid groups (broad SMARTS) is 1. The molecule has 1 fully saturated rings. The highest BCUT2D eigenvalue weighted by Crippen LogP contribution is 2.35. The summed E-state index contributed by atoms with van der Waals surface area (Å²) in [6, 6.07) is 5.22. The van der Waals surface area contributed by atoms with Crippen molar-refractivity contribution in [1.82, 2.24) is 14.8 Å². The van der Waals surface area contributed by atoms with Crippen molar-refractivity contribution in [3.05, 3.63) is 35.0 Å². The number of carbonyl (C=O) groups is 2. The van der Waals surface area contributed by atoms with Gasteiger partial charge in [-0.05, 0) is 31.9 Å². The van der Waals surface area contributed by atoms with Gasteiger partial charge in [0.05, 0.1) is 28.5 Å². The van der Waals surface area contributed by atoms with E-state index >= 15 is 0 Å². The van der Waals surface area contributed by atoms with Gasteiger partial charge in [-0.1, -0.05) is 19.3 Å². The molecule has 28 heavy (non-hydrogen) atoms. The molecular formula is C19H20N4O4S. The van der Waals surface area contributed by atoms with Crippen molar-refractivity contribution in [2.45, 2.75) is 45.1 Å². The highest BCUT2D eigenvalue weighted by atomic mass is 32.1. The Balaban J connectivity index is 1.53. The summed E-state index contributed by atoms with van der Waals surface area (Å²) < 4.78 is 6.56. The Morgan fingerprint density at radius 3 is 2.75 bits per heavy atom. The SMILES string of the molecule is Cc1nn(C2CCCCC2)c2sc(C(=O)Nc3ccc(OC(=O)O)nc3)cc12. The largest absolute Gasteiger partial charge is 0.512 e. The van der Waals surface area contributed by atoms with E-state index < -0.39 is 6.16 Å². The number of nitrogens with zero attached hydrogens (tertiary/aromatic N) is 3. The third-order valence-corrected chi connectivity index (χ3v) is 6.02. The number of pyridine rings is 1. The number of rotatable bonds is 4. The molecule has 1 saturated carbocycles. The summed E-state index contributed by atoms with van der Waals surface area (Å²) in [6.07, 6.45) is 5.91. The molecule has 0 aromatic carbocycles.